The molecule has 0 fully saturated rings. The topological polar surface area (TPSA) is 86.7 Å². The quantitative estimate of drug-likeness (QED) is 0.219. The second-order valence-corrected chi connectivity index (χ2v) is 6.62. The van der Waals surface area contributed by atoms with Crippen LogP contribution in [0.5, 0.6) is 0 Å². The number of Topliss-reactive ketones (excluding diaryl/α,β-unsaturated/α-hetero) is 2. The molecule has 0 saturated heterocycles. The van der Waals surface area contributed by atoms with Crippen LogP contribution in [0.2, 0.25) is 0 Å². The van der Waals surface area contributed by atoms with Crippen molar-refractivity contribution in [1.29, 1.82) is 0 Å². The number of esters is 2. The molecule has 0 amide bonds. The molecule has 0 aliphatic rings. The van der Waals surface area contributed by atoms with Crippen LogP contribution >= 0.6 is 0 Å². The molecule has 0 aliphatic heterocycles. The normalized spacial score (nSPS) is 10.4. The van der Waals surface area contributed by atoms with Gasteiger partial charge in [0.1, 0.15) is 24.4 Å². The maximum Gasteiger partial charge on any atom is 0.313 e. The van der Waals surface area contributed by atoms with Gasteiger partial charge in [-0.05, 0) is 12.8 Å². The summed E-state index contributed by atoms with van der Waals surface area (Å²) in [6.45, 7) is 0. The highest BCUT2D eigenvalue weighted by Gasteiger charge is 2.09. The third kappa shape index (κ3) is 15.8. The molecule has 0 heterocycles. The predicted molar refractivity (Wildman–Crippen MR) is 98.7 cm³/mol. The Bertz CT molecular complexity index is 390. The van der Waals surface area contributed by atoms with Crippen molar-refractivity contribution < 1.29 is 28.7 Å². The summed E-state index contributed by atoms with van der Waals surface area (Å²) >= 11 is 0. The van der Waals surface area contributed by atoms with Gasteiger partial charge in [0.2, 0.25) is 0 Å². The monoisotopic (exact) mass is 370 g/mol. The molecule has 6 nitrogen and oxygen atoms in total. The first-order valence-electron chi connectivity index (χ1n) is 9.66. The van der Waals surface area contributed by atoms with Gasteiger partial charge in [0.15, 0.2) is 0 Å². The summed E-state index contributed by atoms with van der Waals surface area (Å²) in [6, 6.07) is 0. The van der Waals surface area contributed by atoms with Gasteiger partial charge in [0.25, 0.3) is 0 Å². The van der Waals surface area contributed by atoms with E-state index in [2.05, 4.69) is 9.47 Å². The number of ketones is 2. The summed E-state index contributed by atoms with van der Waals surface area (Å²) < 4.78 is 8.93. The molecule has 0 aromatic heterocycles. The van der Waals surface area contributed by atoms with Gasteiger partial charge in [-0.1, -0.05) is 51.4 Å². The summed E-state index contributed by atoms with van der Waals surface area (Å²) in [7, 11) is 2.58. The fraction of sp³-hybridized carbons (Fsp3) is 0.800. The number of ether oxygens (including phenoxy) is 2. The average Bonchev–Trinajstić information content (AvgIpc) is 2.62. The van der Waals surface area contributed by atoms with E-state index in [9.17, 15) is 19.2 Å². The second-order valence-electron chi connectivity index (χ2n) is 6.62. The first-order valence-corrected chi connectivity index (χ1v) is 9.66. The van der Waals surface area contributed by atoms with Crippen LogP contribution < -0.4 is 0 Å². The Hall–Kier alpha value is -1.72. The van der Waals surface area contributed by atoms with Gasteiger partial charge in [0, 0.05) is 12.8 Å². The smallest absolute Gasteiger partial charge is 0.313 e. The van der Waals surface area contributed by atoms with Gasteiger partial charge < -0.3 is 9.47 Å². The van der Waals surface area contributed by atoms with Crippen LogP contribution in [-0.4, -0.2) is 37.7 Å². The lowest BCUT2D eigenvalue weighted by molar-refractivity contribution is -0.144. The number of rotatable bonds is 17. The Balaban J connectivity index is 3.29. The molecule has 150 valence electrons. The highest BCUT2D eigenvalue weighted by Crippen LogP contribution is 2.13. The summed E-state index contributed by atoms with van der Waals surface area (Å²) in [4.78, 5) is 44.7. The number of carbonyl (C=O) groups excluding carboxylic acids is 4. The van der Waals surface area contributed by atoms with Crippen molar-refractivity contribution in [2.45, 2.75) is 89.9 Å². The van der Waals surface area contributed by atoms with Crippen LogP contribution in [0, 0.1) is 0 Å². The largest absolute Gasteiger partial charge is 0.469 e. The third-order valence-electron chi connectivity index (χ3n) is 4.30. The van der Waals surface area contributed by atoms with E-state index in [0.717, 1.165) is 38.5 Å². The van der Waals surface area contributed by atoms with E-state index in [-0.39, 0.29) is 24.4 Å². The van der Waals surface area contributed by atoms with Gasteiger partial charge in [-0.2, -0.15) is 0 Å². The van der Waals surface area contributed by atoms with E-state index in [4.69, 9.17) is 0 Å². The molecule has 0 N–H and O–H groups in total. The van der Waals surface area contributed by atoms with E-state index in [0.29, 0.717) is 12.8 Å². The van der Waals surface area contributed by atoms with Crippen LogP contribution in [0.15, 0.2) is 0 Å². The maximum atomic E-state index is 11.4. The number of carbonyl (C=O) groups is 4. The van der Waals surface area contributed by atoms with Crippen molar-refractivity contribution in [2.75, 3.05) is 14.2 Å². The van der Waals surface area contributed by atoms with Crippen LogP contribution in [0.1, 0.15) is 89.9 Å². The minimum Gasteiger partial charge on any atom is -0.469 e. The van der Waals surface area contributed by atoms with Gasteiger partial charge in [-0.15, -0.1) is 0 Å². The highest BCUT2D eigenvalue weighted by molar-refractivity contribution is 5.95. The average molecular weight is 370 g/mol. The molecule has 0 unspecified atom stereocenters. The first kappa shape index (κ1) is 24.3. The van der Waals surface area contributed by atoms with Crippen LogP contribution in [0.3, 0.4) is 0 Å². The predicted octanol–water partition coefficient (Wildman–Crippen LogP) is 3.93. The molecular weight excluding hydrogens is 336 g/mol. The summed E-state index contributed by atoms with van der Waals surface area (Å²) in [6.07, 6.45) is 11.4. The number of methoxy groups -OCH3 is 2. The van der Waals surface area contributed by atoms with E-state index in [1.807, 2.05) is 0 Å². The third-order valence-corrected chi connectivity index (χ3v) is 4.30. The molecule has 0 aromatic carbocycles. The minimum absolute atomic E-state index is 0.0399. The molecule has 0 radical (unpaired) electrons. The van der Waals surface area contributed by atoms with Crippen molar-refractivity contribution in [2.24, 2.45) is 0 Å². The molecule has 0 aliphatic carbocycles. The zero-order chi connectivity index (χ0) is 19.6. The zero-order valence-corrected chi connectivity index (χ0v) is 16.3. The van der Waals surface area contributed by atoms with E-state index >= 15 is 0 Å². The fourth-order valence-corrected chi connectivity index (χ4v) is 2.70. The molecule has 0 spiro atoms. The van der Waals surface area contributed by atoms with Gasteiger partial charge in [0.05, 0.1) is 14.2 Å². The molecule has 26 heavy (non-hydrogen) atoms. The molecule has 0 saturated carbocycles. The fourth-order valence-electron chi connectivity index (χ4n) is 2.70. The lowest BCUT2D eigenvalue weighted by atomic mass is 10.0. The van der Waals surface area contributed by atoms with Crippen molar-refractivity contribution in [3.05, 3.63) is 0 Å². The number of unbranched alkanes of at least 4 members (excludes halogenated alkanes) is 9. The Labute approximate surface area is 157 Å². The Morgan fingerprint density at radius 1 is 0.500 bits per heavy atom. The van der Waals surface area contributed by atoms with Gasteiger partial charge in [-0.25, -0.2) is 0 Å². The van der Waals surface area contributed by atoms with Gasteiger partial charge in [-0.3, -0.25) is 19.2 Å². The van der Waals surface area contributed by atoms with Gasteiger partial charge >= 0.3 is 11.9 Å². The number of hydrogen-bond donors (Lipinski definition) is 0. The molecule has 0 atom stereocenters. The maximum absolute atomic E-state index is 11.4. The van der Waals surface area contributed by atoms with Crippen LogP contribution in [-0.2, 0) is 28.7 Å². The first-order chi connectivity index (χ1) is 12.5. The minimum atomic E-state index is -0.456. The molecule has 0 rings (SSSR count). The Morgan fingerprint density at radius 3 is 1.04 bits per heavy atom. The van der Waals surface area contributed by atoms with Crippen molar-refractivity contribution in [3.8, 4) is 0 Å². The molecule has 0 aromatic rings. The molecular formula is C20H34O6. The Morgan fingerprint density at radius 2 is 0.769 bits per heavy atom. The highest BCUT2D eigenvalue weighted by atomic mass is 16.5. The Kier molecular flexibility index (Phi) is 15.6. The van der Waals surface area contributed by atoms with Crippen LogP contribution in [0.25, 0.3) is 0 Å². The number of hydrogen-bond acceptors (Lipinski definition) is 6. The second kappa shape index (κ2) is 16.7. The van der Waals surface area contributed by atoms with E-state index < -0.39 is 11.9 Å². The summed E-state index contributed by atoms with van der Waals surface area (Å²) in [5, 5.41) is 0. The van der Waals surface area contributed by atoms with Crippen molar-refractivity contribution in [1.82, 2.24) is 0 Å². The zero-order valence-electron chi connectivity index (χ0n) is 16.3. The lowest BCUT2D eigenvalue weighted by Gasteiger charge is -2.03. The summed E-state index contributed by atoms with van der Waals surface area (Å²) in [5.74, 6) is -0.991. The SMILES string of the molecule is COC(=O)CC(=O)CCCCCCCCCCCCC(=O)CC(=O)OC. The van der Waals surface area contributed by atoms with E-state index in [1.165, 1.54) is 39.9 Å². The molecule has 6 heteroatoms. The van der Waals surface area contributed by atoms with Crippen molar-refractivity contribution in [3.63, 3.8) is 0 Å². The van der Waals surface area contributed by atoms with Crippen LogP contribution in [0.4, 0.5) is 0 Å². The van der Waals surface area contributed by atoms with Crippen molar-refractivity contribution >= 4 is 23.5 Å². The standard InChI is InChI=1S/C20H34O6/c1-25-19(23)15-17(21)13-11-9-7-5-3-4-6-8-10-12-14-18(22)16-20(24)26-2/h3-16H2,1-2H3. The molecule has 0 bridgehead atoms. The summed E-state index contributed by atoms with van der Waals surface area (Å²) in [5.41, 5.74) is 0. The van der Waals surface area contributed by atoms with E-state index in [1.54, 1.807) is 0 Å². The lowest BCUT2D eigenvalue weighted by Crippen LogP contribution is -2.08.